The molecule has 8 heteroatoms. The smallest absolute Gasteiger partial charge is 0.309 e. The molecule has 0 atom stereocenters. The lowest BCUT2D eigenvalue weighted by molar-refractivity contribution is -0.384. The first-order chi connectivity index (χ1) is 13.5. The first-order valence-corrected chi connectivity index (χ1v) is 9.56. The van der Waals surface area contributed by atoms with Crippen molar-refractivity contribution in [2.45, 2.75) is 33.1 Å². The molecule has 1 aromatic carbocycles. The van der Waals surface area contributed by atoms with Gasteiger partial charge >= 0.3 is 5.97 Å². The van der Waals surface area contributed by atoms with E-state index in [9.17, 15) is 14.9 Å². The normalized spacial score (nSPS) is 14.7. The van der Waals surface area contributed by atoms with Crippen LogP contribution in [0.15, 0.2) is 30.3 Å². The Kier molecular flexibility index (Phi) is 6.18. The number of nitro benzene ring substituents is 1. The van der Waals surface area contributed by atoms with E-state index >= 15 is 0 Å². The van der Waals surface area contributed by atoms with Crippen molar-refractivity contribution in [1.82, 2.24) is 9.97 Å². The summed E-state index contributed by atoms with van der Waals surface area (Å²) >= 11 is 0. The van der Waals surface area contributed by atoms with Gasteiger partial charge in [0.1, 0.15) is 5.82 Å². The topological polar surface area (TPSA) is 98.5 Å². The molecule has 1 aliphatic heterocycles. The number of hydrogen-bond donors (Lipinski definition) is 0. The molecule has 1 fully saturated rings. The Labute approximate surface area is 163 Å². The number of carbonyl (C=O) groups excluding carboxylic acids is 1. The summed E-state index contributed by atoms with van der Waals surface area (Å²) in [4.78, 5) is 33.8. The molecule has 0 bridgehead atoms. The van der Waals surface area contributed by atoms with Gasteiger partial charge in [0, 0.05) is 42.5 Å². The molecule has 1 aromatic heterocycles. The third-order valence-corrected chi connectivity index (χ3v) is 4.90. The number of aromatic nitrogens is 2. The Morgan fingerprint density at radius 2 is 1.89 bits per heavy atom. The number of piperidine rings is 1. The zero-order valence-electron chi connectivity index (χ0n) is 16.1. The maximum atomic E-state index is 11.9. The van der Waals surface area contributed by atoms with Crippen LogP contribution in [0.5, 0.6) is 0 Å². The number of rotatable bonds is 6. The molecule has 0 N–H and O–H groups in total. The fourth-order valence-corrected chi connectivity index (χ4v) is 3.29. The van der Waals surface area contributed by atoms with Gasteiger partial charge in [0.15, 0.2) is 5.82 Å². The summed E-state index contributed by atoms with van der Waals surface area (Å²) in [5.74, 6) is 1.20. The second-order valence-electron chi connectivity index (χ2n) is 6.71. The molecule has 1 aliphatic rings. The fraction of sp³-hybridized carbons (Fsp3) is 0.450. The maximum absolute atomic E-state index is 11.9. The van der Waals surface area contributed by atoms with Gasteiger partial charge in [0.25, 0.3) is 5.69 Å². The highest BCUT2D eigenvalue weighted by Crippen LogP contribution is 2.26. The molecule has 0 spiro atoms. The van der Waals surface area contributed by atoms with Crippen LogP contribution in [0.25, 0.3) is 11.4 Å². The van der Waals surface area contributed by atoms with Crippen LogP contribution in [0.2, 0.25) is 0 Å². The predicted molar refractivity (Wildman–Crippen MR) is 105 cm³/mol. The third kappa shape index (κ3) is 4.44. The van der Waals surface area contributed by atoms with Crippen LogP contribution in [0.3, 0.4) is 0 Å². The van der Waals surface area contributed by atoms with Gasteiger partial charge in [-0.3, -0.25) is 14.9 Å². The molecule has 0 amide bonds. The van der Waals surface area contributed by atoms with Crippen molar-refractivity contribution >= 4 is 17.5 Å². The van der Waals surface area contributed by atoms with Crippen LogP contribution < -0.4 is 4.90 Å². The minimum Gasteiger partial charge on any atom is -0.466 e. The van der Waals surface area contributed by atoms with Crippen LogP contribution in [0, 0.1) is 16.0 Å². The van der Waals surface area contributed by atoms with Crippen molar-refractivity contribution < 1.29 is 14.5 Å². The lowest BCUT2D eigenvalue weighted by Crippen LogP contribution is -2.37. The molecular weight excluding hydrogens is 360 g/mol. The largest absolute Gasteiger partial charge is 0.466 e. The van der Waals surface area contributed by atoms with E-state index < -0.39 is 4.92 Å². The van der Waals surface area contributed by atoms with Gasteiger partial charge in [0.2, 0.25) is 0 Å². The van der Waals surface area contributed by atoms with E-state index in [2.05, 4.69) is 14.9 Å². The Bertz CT molecular complexity index is 846. The monoisotopic (exact) mass is 384 g/mol. The van der Waals surface area contributed by atoms with Crippen molar-refractivity contribution in [3.63, 3.8) is 0 Å². The number of non-ortho nitro benzene ring substituents is 1. The first-order valence-electron chi connectivity index (χ1n) is 9.56. The molecule has 0 saturated carbocycles. The van der Waals surface area contributed by atoms with Crippen LogP contribution in [0.4, 0.5) is 11.5 Å². The van der Waals surface area contributed by atoms with Crippen molar-refractivity contribution in [1.29, 1.82) is 0 Å². The van der Waals surface area contributed by atoms with Crippen molar-refractivity contribution in [3.05, 3.63) is 46.1 Å². The van der Waals surface area contributed by atoms with E-state index in [1.165, 1.54) is 12.1 Å². The molecule has 2 aromatic rings. The predicted octanol–water partition coefficient (Wildman–Crippen LogP) is 3.39. The fourth-order valence-electron chi connectivity index (χ4n) is 3.29. The average molecular weight is 384 g/mol. The number of anilines is 1. The van der Waals surface area contributed by atoms with E-state index in [1.807, 2.05) is 19.9 Å². The van der Waals surface area contributed by atoms with Gasteiger partial charge in [-0.1, -0.05) is 6.92 Å². The van der Waals surface area contributed by atoms with Gasteiger partial charge in [0.05, 0.1) is 17.4 Å². The van der Waals surface area contributed by atoms with Crippen LogP contribution in [0.1, 0.15) is 32.4 Å². The second-order valence-corrected chi connectivity index (χ2v) is 6.71. The van der Waals surface area contributed by atoms with Gasteiger partial charge in [-0.15, -0.1) is 0 Å². The Hall–Kier alpha value is -3.03. The third-order valence-electron chi connectivity index (χ3n) is 4.90. The van der Waals surface area contributed by atoms with E-state index in [0.717, 1.165) is 49.4 Å². The van der Waals surface area contributed by atoms with Crippen molar-refractivity contribution in [3.8, 4) is 11.4 Å². The summed E-state index contributed by atoms with van der Waals surface area (Å²) in [6.45, 7) is 5.70. The summed E-state index contributed by atoms with van der Waals surface area (Å²) in [6.07, 6.45) is 2.23. The summed E-state index contributed by atoms with van der Waals surface area (Å²) in [7, 11) is 0. The lowest BCUT2D eigenvalue weighted by Gasteiger charge is -2.32. The number of nitro groups is 1. The number of aryl methyl sites for hydroxylation is 1. The number of nitrogens with zero attached hydrogens (tertiary/aromatic N) is 4. The van der Waals surface area contributed by atoms with Crippen molar-refractivity contribution in [2.24, 2.45) is 5.92 Å². The molecule has 0 aliphatic carbocycles. The lowest BCUT2D eigenvalue weighted by atomic mass is 9.97. The first kappa shape index (κ1) is 19.7. The second kappa shape index (κ2) is 8.77. The maximum Gasteiger partial charge on any atom is 0.309 e. The average Bonchev–Trinajstić information content (AvgIpc) is 2.73. The van der Waals surface area contributed by atoms with Gasteiger partial charge in [-0.05, 0) is 38.3 Å². The molecule has 8 nitrogen and oxygen atoms in total. The number of esters is 1. The summed E-state index contributed by atoms with van der Waals surface area (Å²) in [5, 5.41) is 10.9. The molecule has 0 radical (unpaired) electrons. The quantitative estimate of drug-likeness (QED) is 0.428. The zero-order chi connectivity index (χ0) is 20.1. The van der Waals surface area contributed by atoms with Gasteiger partial charge in [-0.2, -0.15) is 0 Å². The molecule has 3 rings (SSSR count). The Morgan fingerprint density at radius 1 is 1.21 bits per heavy atom. The summed E-state index contributed by atoms with van der Waals surface area (Å²) in [6, 6.07) is 8.23. The van der Waals surface area contributed by atoms with Crippen LogP contribution >= 0.6 is 0 Å². The van der Waals surface area contributed by atoms with Gasteiger partial charge in [-0.25, -0.2) is 9.97 Å². The summed E-state index contributed by atoms with van der Waals surface area (Å²) < 4.78 is 5.13. The molecule has 148 valence electrons. The number of hydrogen-bond acceptors (Lipinski definition) is 7. The minimum absolute atomic E-state index is 0.0386. The van der Waals surface area contributed by atoms with E-state index in [-0.39, 0.29) is 17.6 Å². The van der Waals surface area contributed by atoms with Crippen LogP contribution in [-0.4, -0.2) is 40.6 Å². The number of benzene rings is 1. The zero-order valence-corrected chi connectivity index (χ0v) is 16.1. The van der Waals surface area contributed by atoms with E-state index in [4.69, 9.17) is 4.74 Å². The van der Waals surface area contributed by atoms with E-state index in [1.54, 1.807) is 12.1 Å². The molecule has 1 saturated heterocycles. The highest BCUT2D eigenvalue weighted by atomic mass is 16.6. The molecule has 0 unspecified atom stereocenters. The van der Waals surface area contributed by atoms with E-state index in [0.29, 0.717) is 12.4 Å². The number of carbonyl (C=O) groups is 1. The number of ether oxygens (including phenoxy) is 1. The molecule has 28 heavy (non-hydrogen) atoms. The standard InChI is InChI=1S/C20H24N4O4/c1-3-16-13-18(23-11-9-15(10-12-23)20(25)28-4-2)22-19(21-16)14-5-7-17(8-6-14)24(26)27/h5-8,13,15H,3-4,9-12H2,1-2H3. The summed E-state index contributed by atoms with van der Waals surface area (Å²) in [5.41, 5.74) is 1.69. The van der Waals surface area contributed by atoms with Gasteiger partial charge < -0.3 is 9.64 Å². The van der Waals surface area contributed by atoms with Crippen molar-refractivity contribution in [2.75, 3.05) is 24.6 Å². The minimum atomic E-state index is -0.424. The highest BCUT2D eigenvalue weighted by Gasteiger charge is 2.27. The Morgan fingerprint density at radius 3 is 2.46 bits per heavy atom. The SMILES string of the molecule is CCOC(=O)C1CCN(c2cc(CC)nc(-c3ccc([N+](=O)[O-])cc3)n2)CC1. The molecule has 2 heterocycles. The Balaban J connectivity index is 1.80. The van der Waals surface area contributed by atoms with Crippen LogP contribution in [-0.2, 0) is 16.0 Å². The molecular formula is C20H24N4O4. The highest BCUT2D eigenvalue weighted by molar-refractivity contribution is 5.73.